The average Bonchev–Trinajstić information content (AvgIpc) is 3.61. The van der Waals surface area contributed by atoms with Crippen molar-refractivity contribution in [1.82, 2.24) is 0 Å². The zero-order valence-corrected chi connectivity index (χ0v) is 18.5. The number of para-hydroxylation sites is 1. The van der Waals surface area contributed by atoms with Crippen LogP contribution in [0.1, 0.15) is 16.7 Å². The number of rotatable bonds is 13. The van der Waals surface area contributed by atoms with Crippen molar-refractivity contribution < 1.29 is 18.9 Å². The molecule has 0 radical (unpaired) electrons. The van der Waals surface area contributed by atoms with E-state index in [1.165, 1.54) is 22.4 Å². The number of ether oxygens (including phenoxy) is 4. The van der Waals surface area contributed by atoms with Crippen LogP contribution < -0.4 is 10.2 Å². The van der Waals surface area contributed by atoms with E-state index in [0.717, 1.165) is 71.0 Å². The van der Waals surface area contributed by atoms with E-state index in [0.29, 0.717) is 24.4 Å². The van der Waals surface area contributed by atoms with Crippen LogP contribution in [-0.4, -0.2) is 70.5 Å². The summed E-state index contributed by atoms with van der Waals surface area (Å²) in [6, 6.07) is 15.1. The van der Waals surface area contributed by atoms with E-state index in [1.807, 2.05) is 6.07 Å². The lowest BCUT2D eigenvalue weighted by molar-refractivity contribution is 0.397. The van der Waals surface area contributed by atoms with Crippen LogP contribution in [0, 0.1) is 0 Å². The van der Waals surface area contributed by atoms with E-state index in [4.69, 9.17) is 18.9 Å². The Bertz CT molecular complexity index is 921. The number of anilines is 2. The number of nitrogens with one attached hydrogen (secondary N) is 1. The first kappa shape index (κ1) is 20.5. The molecule has 6 rings (SSSR count). The van der Waals surface area contributed by atoms with Gasteiger partial charge in [0.25, 0.3) is 0 Å². The number of epoxide rings is 4. The fourth-order valence-electron chi connectivity index (χ4n) is 4.58. The van der Waals surface area contributed by atoms with E-state index in [9.17, 15) is 0 Å². The smallest absolute Gasteiger partial charge is 0.0984 e. The molecule has 4 atom stereocenters. The largest absolute Gasteiger partial charge is 0.383 e. The molecule has 2 aromatic carbocycles. The molecule has 4 aliphatic rings. The molecule has 0 spiro atoms. The summed E-state index contributed by atoms with van der Waals surface area (Å²) in [5, 5.41) is 3.57. The Hall–Kier alpha value is -2.12. The molecule has 1 N–H and O–H groups in total. The van der Waals surface area contributed by atoms with E-state index >= 15 is 0 Å². The van der Waals surface area contributed by atoms with E-state index < -0.39 is 0 Å². The van der Waals surface area contributed by atoms with Gasteiger partial charge in [0.1, 0.15) is 0 Å². The summed E-state index contributed by atoms with van der Waals surface area (Å²) in [6.07, 6.45) is 4.41. The first-order chi connectivity index (χ1) is 15.8. The van der Waals surface area contributed by atoms with Crippen molar-refractivity contribution in [1.29, 1.82) is 0 Å². The lowest BCUT2D eigenvalue weighted by Gasteiger charge is -2.29. The van der Waals surface area contributed by atoms with Crippen LogP contribution in [0.2, 0.25) is 0 Å². The van der Waals surface area contributed by atoms with Gasteiger partial charge in [-0.1, -0.05) is 24.3 Å². The van der Waals surface area contributed by atoms with Crippen molar-refractivity contribution in [3.63, 3.8) is 0 Å². The number of nitrogens with zero attached hydrogens (tertiary/aromatic N) is 1. The third-order valence-electron chi connectivity index (χ3n) is 6.67. The van der Waals surface area contributed by atoms with Crippen LogP contribution in [0.4, 0.5) is 11.4 Å². The molecule has 0 saturated carbocycles. The highest BCUT2D eigenvalue weighted by Gasteiger charge is 2.34. The summed E-state index contributed by atoms with van der Waals surface area (Å²) in [5.41, 5.74) is 6.83. The Balaban J connectivity index is 1.27. The van der Waals surface area contributed by atoms with Gasteiger partial charge in [0.15, 0.2) is 0 Å². The van der Waals surface area contributed by atoms with Crippen LogP contribution >= 0.6 is 0 Å². The van der Waals surface area contributed by atoms with Crippen LogP contribution in [0.15, 0.2) is 42.5 Å². The molecule has 4 heterocycles. The van der Waals surface area contributed by atoms with Gasteiger partial charge < -0.3 is 29.2 Å². The van der Waals surface area contributed by atoms with E-state index in [2.05, 4.69) is 46.6 Å². The minimum Gasteiger partial charge on any atom is -0.383 e. The third-order valence-corrected chi connectivity index (χ3v) is 6.67. The maximum Gasteiger partial charge on any atom is 0.0984 e. The zero-order chi connectivity index (χ0) is 21.3. The van der Waals surface area contributed by atoms with Crippen molar-refractivity contribution >= 4 is 11.4 Å². The molecule has 4 fully saturated rings. The van der Waals surface area contributed by atoms with Gasteiger partial charge in [-0.3, -0.25) is 0 Å². The Morgan fingerprint density at radius 3 is 2.00 bits per heavy atom. The first-order valence-corrected chi connectivity index (χ1v) is 12.0. The summed E-state index contributed by atoms with van der Waals surface area (Å²) < 4.78 is 22.5. The van der Waals surface area contributed by atoms with Gasteiger partial charge in [-0.2, -0.15) is 0 Å². The Kier molecular flexibility index (Phi) is 5.78. The molecule has 6 nitrogen and oxygen atoms in total. The van der Waals surface area contributed by atoms with Crippen molar-refractivity contribution in [3.05, 3.63) is 59.2 Å². The maximum absolute atomic E-state index is 5.68. The van der Waals surface area contributed by atoms with Gasteiger partial charge in [0, 0.05) is 50.3 Å². The molecule has 4 saturated heterocycles. The van der Waals surface area contributed by atoms with Gasteiger partial charge >= 0.3 is 0 Å². The topological polar surface area (TPSA) is 65.4 Å². The first-order valence-electron chi connectivity index (χ1n) is 12.0. The van der Waals surface area contributed by atoms with E-state index in [1.54, 1.807) is 0 Å². The quantitative estimate of drug-likeness (QED) is 0.487. The molecule has 0 bridgehead atoms. The minimum absolute atomic E-state index is 0.339. The van der Waals surface area contributed by atoms with Crippen LogP contribution in [0.5, 0.6) is 0 Å². The van der Waals surface area contributed by atoms with Crippen molar-refractivity contribution in [2.75, 3.05) is 56.3 Å². The van der Waals surface area contributed by atoms with Gasteiger partial charge in [0.05, 0.1) is 50.8 Å². The highest BCUT2D eigenvalue weighted by Crippen LogP contribution is 2.35. The molecule has 4 unspecified atom stereocenters. The Morgan fingerprint density at radius 1 is 0.719 bits per heavy atom. The molecular formula is C26H32N2O4. The summed E-state index contributed by atoms with van der Waals surface area (Å²) in [4.78, 5) is 2.51. The predicted molar refractivity (Wildman–Crippen MR) is 124 cm³/mol. The molecule has 6 heteroatoms. The Labute approximate surface area is 189 Å². The molecule has 32 heavy (non-hydrogen) atoms. The molecule has 170 valence electrons. The summed E-state index contributed by atoms with van der Waals surface area (Å²) in [6.45, 7) is 6.24. The number of hydrogen-bond acceptors (Lipinski definition) is 6. The number of hydrogen-bond donors (Lipinski definition) is 1. The van der Waals surface area contributed by atoms with Gasteiger partial charge in [-0.25, -0.2) is 0 Å². The molecule has 2 aromatic rings. The van der Waals surface area contributed by atoms with Crippen molar-refractivity contribution in [3.8, 4) is 0 Å². The zero-order valence-electron chi connectivity index (χ0n) is 18.5. The molecular weight excluding hydrogens is 404 g/mol. The maximum atomic E-state index is 5.68. The fraction of sp³-hybridized carbons (Fsp3) is 0.538. The highest BCUT2D eigenvalue weighted by atomic mass is 16.6. The fourth-order valence-corrected chi connectivity index (χ4v) is 4.58. The summed E-state index contributed by atoms with van der Waals surface area (Å²) in [7, 11) is 0. The van der Waals surface area contributed by atoms with Crippen LogP contribution in [-0.2, 0) is 38.2 Å². The second-order valence-electron chi connectivity index (χ2n) is 9.37. The molecule has 4 aliphatic heterocycles. The van der Waals surface area contributed by atoms with Crippen molar-refractivity contribution in [2.45, 2.75) is 43.7 Å². The SMILES string of the molecule is c1ccc(NCCN(CC2CO2)c2ccc(CC3CO3)c(CC3CO3)c2CC2CO2)cc1. The monoisotopic (exact) mass is 436 g/mol. The predicted octanol–water partition coefficient (Wildman–Crippen LogP) is 2.83. The lowest BCUT2D eigenvalue weighted by atomic mass is 9.90. The van der Waals surface area contributed by atoms with E-state index in [-0.39, 0.29) is 0 Å². The average molecular weight is 437 g/mol. The highest BCUT2D eigenvalue weighted by molar-refractivity contribution is 5.60. The summed E-state index contributed by atoms with van der Waals surface area (Å²) in [5.74, 6) is 0. The second-order valence-corrected chi connectivity index (χ2v) is 9.37. The lowest BCUT2D eigenvalue weighted by Crippen LogP contribution is -2.34. The van der Waals surface area contributed by atoms with Crippen LogP contribution in [0.25, 0.3) is 0 Å². The van der Waals surface area contributed by atoms with Gasteiger partial charge in [-0.05, 0) is 34.9 Å². The third kappa shape index (κ3) is 5.44. The number of benzene rings is 2. The molecule has 0 aromatic heterocycles. The minimum atomic E-state index is 0.339. The molecule has 0 amide bonds. The standard InChI is InChI=1S/C26H32N2O4/c1-2-4-19(5-3-1)27-8-9-28(13-23-17-32-23)26-7-6-18(10-20-14-29-20)24(11-21-15-30-21)25(26)12-22-16-31-22/h1-7,20-23,27H,8-17H2. The Morgan fingerprint density at radius 2 is 1.34 bits per heavy atom. The van der Waals surface area contributed by atoms with Crippen LogP contribution in [0.3, 0.4) is 0 Å². The van der Waals surface area contributed by atoms with Gasteiger partial charge in [-0.15, -0.1) is 0 Å². The van der Waals surface area contributed by atoms with Crippen molar-refractivity contribution in [2.24, 2.45) is 0 Å². The van der Waals surface area contributed by atoms with Gasteiger partial charge in [0.2, 0.25) is 0 Å². The second kappa shape index (κ2) is 9.02. The molecule has 0 aliphatic carbocycles. The normalized spacial score (nSPS) is 27.1. The summed E-state index contributed by atoms with van der Waals surface area (Å²) >= 11 is 0.